The Hall–Kier alpha value is -12.6. The van der Waals surface area contributed by atoms with Crippen LogP contribution in [-0.2, 0) is 4.74 Å². The highest BCUT2D eigenvalue weighted by Crippen LogP contribution is 2.19. The quantitative estimate of drug-likeness (QED) is 0.136. The van der Waals surface area contributed by atoms with Gasteiger partial charge in [0.2, 0.25) is 46.6 Å². The average Bonchev–Trinajstić information content (AvgIpc) is 3.53. The first-order chi connectivity index (χ1) is 39.6. The lowest BCUT2D eigenvalue weighted by atomic mass is 10.3. The van der Waals surface area contributed by atoms with E-state index in [0.29, 0.717) is 109 Å². The van der Waals surface area contributed by atoms with E-state index in [0.717, 1.165) is 0 Å². The Bertz CT molecular complexity index is 3750. The fraction of sp³-hybridized carbons (Fsp3) is 0.0200. The van der Waals surface area contributed by atoms with Gasteiger partial charge in [0, 0.05) is 18.6 Å². The molecule has 0 saturated carbocycles. The predicted molar refractivity (Wildman–Crippen MR) is 290 cm³/mol. The summed E-state index contributed by atoms with van der Waals surface area (Å²) in [6, 6.07) is 33.3. The van der Waals surface area contributed by atoms with Crippen LogP contribution in [0.5, 0.6) is 0 Å². The van der Waals surface area contributed by atoms with Gasteiger partial charge >= 0.3 is 6.09 Å². The maximum Gasteiger partial charge on any atom is 0.411 e. The molecule has 396 valence electrons. The summed E-state index contributed by atoms with van der Waals surface area (Å²) < 4.78 is 4.50. The van der Waals surface area contributed by atoms with Crippen LogP contribution in [0.1, 0.15) is 0 Å². The number of carbonyl (C=O) groups excluding carboxylic acids is 1. The van der Waals surface area contributed by atoms with Gasteiger partial charge in [0.25, 0.3) is 0 Å². The van der Waals surface area contributed by atoms with Crippen LogP contribution in [0.15, 0.2) is 165 Å². The van der Waals surface area contributed by atoms with Gasteiger partial charge in [-0.25, -0.2) is 4.79 Å². The van der Waals surface area contributed by atoms with E-state index in [9.17, 15) is 4.79 Å². The van der Waals surface area contributed by atoms with Crippen LogP contribution >= 0.6 is 0 Å². The van der Waals surface area contributed by atoms with E-state index in [1.54, 1.807) is 97.5 Å². The second-order valence-corrected chi connectivity index (χ2v) is 15.8. The Kier molecular flexibility index (Phi) is 17.3. The Morgan fingerprint density at radius 3 is 0.728 bits per heavy atom. The largest absolute Gasteiger partial charge is 0.453 e. The Morgan fingerprint density at radius 1 is 0.309 bits per heavy atom. The van der Waals surface area contributed by atoms with E-state index in [4.69, 9.17) is 22.9 Å². The number of nitrogens with zero attached hydrogens (tertiary/aromatic N) is 24. The van der Waals surface area contributed by atoms with Crippen molar-refractivity contribution in [1.29, 1.82) is 0 Å². The maximum absolute atomic E-state index is 11.1. The summed E-state index contributed by atoms with van der Waals surface area (Å²) in [7, 11) is 1.28. The molecule has 31 heteroatoms. The van der Waals surface area contributed by atoms with Crippen molar-refractivity contribution in [2.24, 2.45) is 0 Å². The van der Waals surface area contributed by atoms with Gasteiger partial charge in [0.1, 0.15) is 45.6 Å². The fourth-order valence-corrected chi connectivity index (χ4v) is 6.14. The van der Waals surface area contributed by atoms with Crippen molar-refractivity contribution < 1.29 is 9.53 Å². The number of rotatable bonds is 9. The van der Waals surface area contributed by atoms with E-state index in [1.165, 1.54) is 38.1 Å². The summed E-state index contributed by atoms with van der Waals surface area (Å²) in [5, 5.41) is 66.3. The standard InChI is InChI=1S/C14H12N8O2.C12H10N8.C12H9N7.C12H8N6/c1-24-14(23)18-9-3-5-11(17-7-9)13-21-19-12(20-22-13)10-4-2-8(15)6-16-10;13-7-1-3-9(15-5-7)11-17-19-12(20-18-11)10-4-2-8(14)6-16-10;13-8-4-5-10(15-7-8)12-18-16-11(17-19-12)9-3-1-2-6-14-9;1-3-7-13-9(5-1)11-15-17-12(18-16-11)10-6-2-4-8-14-10/h2-7H,15H2,1H3,(H,18,23);1-6H,13-14H2;1-7H,13H2;1-8H. The molecule has 12 aromatic heterocycles. The van der Waals surface area contributed by atoms with Crippen LogP contribution < -0.4 is 28.3 Å². The minimum absolute atomic E-state index is 0.249. The van der Waals surface area contributed by atoms with E-state index in [1.807, 2.05) is 36.4 Å². The molecule has 0 aliphatic carbocycles. The Morgan fingerprint density at radius 2 is 0.543 bits per heavy atom. The maximum atomic E-state index is 11.1. The van der Waals surface area contributed by atoms with Crippen molar-refractivity contribution in [1.82, 2.24) is 121 Å². The summed E-state index contributed by atoms with van der Waals surface area (Å²) in [5.41, 5.74) is 29.6. The molecule has 0 aliphatic heterocycles. The zero-order valence-electron chi connectivity index (χ0n) is 41.9. The van der Waals surface area contributed by atoms with Crippen LogP contribution in [0, 0.1) is 0 Å². The number of nitrogen functional groups attached to an aromatic ring is 4. The second kappa shape index (κ2) is 26.3. The number of methoxy groups -OCH3 is 1. The van der Waals surface area contributed by atoms with Gasteiger partial charge in [-0.2, -0.15) is 0 Å². The highest BCUT2D eigenvalue weighted by Gasteiger charge is 2.13. The number of anilines is 5. The molecule has 0 aromatic carbocycles. The predicted octanol–water partition coefficient (Wildman–Crippen LogP) is 4.07. The molecular formula is C50H39N29O2. The molecule has 12 aromatic rings. The van der Waals surface area contributed by atoms with Gasteiger partial charge in [-0.1, -0.05) is 18.2 Å². The summed E-state index contributed by atoms with van der Waals surface area (Å²) >= 11 is 0. The number of nitrogens with one attached hydrogen (secondary N) is 1. The van der Waals surface area contributed by atoms with E-state index >= 15 is 0 Å². The number of nitrogens with two attached hydrogens (primary N) is 4. The SMILES string of the molecule is COC(=O)Nc1ccc(-c2nnc(-c3ccc(N)cn3)nn2)nc1.Nc1ccc(-c2nnc(-c3ccc(N)cn3)nn2)nc1.Nc1ccc(-c2nnc(-c3ccccn3)nn2)nc1.c1ccc(-c2nnc(-c3ccccn3)nn2)nc1. The number of amides is 1. The Balaban J connectivity index is 0.000000131. The summed E-state index contributed by atoms with van der Waals surface area (Å²) in [6.07, 6.45) is 12.0. The molecule has 12 rings (SSSR count). The third-order valence-corrected chi connectivity index (χ3v) is 10.1. The van der Waals surface area contributed by atoms with Gasteiger partial charge in [0.05, 0.1) is 66.5 Å². The van der Waals surface area contributed by atoms with Crippen LogP contribution in [0.3, 0.4) is 0 Å². The first-order valence-corrected chi connectivity index (χ1v) is 23.4. The molecule has 9 N–H and O–H groups in total. The third kappa shape index (κ3) is 14.8. The van der Waals surface area contributed by atoms with Crippen molar-refractivity contribution in [3.8, 4) is 92.1 Å². The Labute approximate surface area is 456 Å². The van der Waals surface area contributed by atoms with E-state index in [-0.39, 0.29) is 11.6 Å². The van der Waals surface area contributed by atoms with Crippen LogP contribution in [0.4, 0.5) is 33.2 Å². The lowest BCUT2D eigenvalue weighted by Gasteiger charge is -2.04. The normalized spacial score (nSPS) is 10.3. The number of carbonyl (C=O) groups is 1. The highest BCUT2D eigenvalue weighted by atomic mass is 16.5. The number of aromatic nitrogens is 24. The molecule has 0 unspecified atom stereocenters. The summed E-state index contributed by atoms with van der Waals surface area (Å²) in [4.78, 5) is 44.0. The molecule has 1 amide bonds. The monoisotopic (exact) mass is 1080 g/mol. The smallest absolute Gasteiger partial charge is 0.411 e. The first-order valence-electron chi connectivity index (χ1n) is 23.4. The van der Waals surface area contributed by atoms with Crippen molar-refractivity contribution in [2.45, 2.75) is 0 Å². The van der Waals surface area contributed by atoms with Crippen LogP contribution in [0.2, 0.25) is 0 Å². The first kappa shape index (κ1) is 53.3. The van der Waals surface area contributed by atoms with Gasteiger partial charge in [-0.15, -0.1) is 81.6 Å². The molecule has 0 saturated heterocycles. The molecule has 0 spiro atoms. The van der Waals surface area contributed by atoms with Crippen molar-refractivity contribution >= 4 is 34.5 Å². The van der Waals surface area contributed by atoms with Gasteiger partial charge in [0.15, 0.2) is 0 Å². The van der Waals surface area contributed by atoms with Crippen molar-refractivity contribution in [3.63, 3.8) is 0 Å². The molecule has 0 bridgehead atoms. The molecule has 31 nitrogen and oxygen atoms in total. The fourth-order valence-electron chi connectivity index (χ4n) is 6.14. The minimum Gasteiger partial charge on any atom is -0.453 e. The number of pyridine rings is 8. The van der Waals surface area contributed by atoms with E-state index in [2.05, 4.69) is 132 Å². The highest BCUT2D eigenvalue weighted by molar-refractivity contribution is 5.84. The zero-order chi connectivity index (χ0) is 56.2. The lowest BCUT2D eigenvalue weighted by Crippen LogP contribution is -2.11. The van der Waals surface area contributed by atoms with Gasteiger partial charge in [-0.05, 0) is 97.1 Å². The number of hydrogen-bond acceptors (Lipinski definition) is 30. The molecule has 0 radical (unpaired) electrons. The van der Waals surface area contributed by atoms with Crippen LogP contribution in [0.25, 0.3) is 92.1 Å². The minimum atomic E-state index is -0.579. The topological polar surface area (TPSA) is 452 Å². The van der Waals surface area contributed by atoms with Crippen molar-refractivity contribution in [2.75, 3.05) is 35.4 Å². The molecular weight excluding hydrogens is 1040 g/mol. The molecule has 81 heavy (non-hydrogen) atoms. The molecule has 0 atom stereocenters. The van der Waals surface area contributed by atoms with Gasteiger partial charge in [-0.3, -0.25) is 45.2 Å². The lowest BCUT2D eigenvalue weighted by molar-refractivity contribution is 0.187. The van der Waals surface area contributed by atoms with Crippen molar-refractivity contribution in [3.05, 3.63) is 165 Å². The molecule has 0 fully saturated rings. The molecule has 0 aliphatic rings. The number of hydrogen-bond donors (Lipinski definition) is 5. The third-order valence-electron chi connectivity index (χ3n) is 10.1. The second-order valence-electron chi connectivity index (χ2n) is 15.8. The van der Waals surface area contributed by atoms with E-state index < -0.39 is 6.09 Å². The summed E-state index contributed by atoms with van der Waals surface area (Å²) in [5.74, 6) is 2.69. The molecule has 12 heterocycles. The average molecular weight is 1080 g/mol. The zero-order valence-corrected chi connectivity index (χ0v) is 41.9. The van der Waals surface area contributed by atoms with Gasteiger partial charge < -0.3 is 27.7 Å². The summed E-state index contributed by atoms with van der Waals surface area (Å²) in [6.45, 7) is 0. The number of ether oxygens (including phenoxy) is 1. The van der Waals surface area contributed by atoms with Crippen LogP contribution in [-0.4, -0.2) is 135 Å².